The van der Waals surface area contributed by atoms with Crippen LogP contribution in [0.15, 0.2) is 17.3 Å². The Morgan fingerprint density at radius 1 is 1.24 bits per heavy atom. The molecule has 0 radical (unpaired) electrons. The van der Waals surface area contributed by atoms with Gasteiger partial charge in [0.15, 0.2) is 5.11 Å². The monoisotopic (exact) mass is 249 g/mol. The van der Waals surface area contributed by atoms with Crippen molar-refractivity contribution in [2.45, 2.75) is 44.6 Å². The molecule has 3 aliphatic carbocycles. The number of nitrogens with one attached hydrogen (secondary N) is 2. The molecule has 0 saturated heterocycles. The van der Waals surface area contributed by atoms with E-state index >= 15 is 0 Å². The van der Waals surface area contributed by atoms with Crippen LogP contribution in [0, 0.1) is 11.8 Å². The van der Waals surface area contributed by atoms with E-state index in [-0.39, 0.29) is 0 Å². The van der Waals surface area contributed by atoms with Crippen LogP contribution in [0.3, 0.4) is 0 Å². The fourth-order valence-corrected chi connectivity index (χ4v) is 3.37. The number of rotatable bonds is 2. The van der Waals surface area contributed by atoms with Crippen LogP contribution in [0.4, 0.5) is 0 Å². The number of hydrogen-bond acceptors (Lipinski definition) is 2. The summed E-state index contributed by atoms with van der Waals surface area (Å²) in [4.78, 5) is 0. The maximum Gasteiger partial charge on any atom is 0.187 e. The molecule has 0 unspecified atom stereocenters. The minimum atomic E-state index is 0.522. The average molecular weight is 249 g/mol. The minimum absolute atomic E-state index is 0.522. The Kier molecular flexibility index (Phi) is 3.14. The molecule has 2 fully saturated rings. The van der Waals surface area contributed by atoms with Crippen molar-refractivity contribution in [3.8, 4) is 0 Å². The van der Waals surface area contributed by atoms with Gasteiger partial charge in [-0.3, -0.25) is 5.43 Å². The number of allylic oxidation sites excluding steroid dienone is 1. The zero-order valence-electron chi connectivity index (χ0n) is 9.98. The van der Waals surface area contributed by atoms with Gasteiger partial charge in [-0.25, -0.2) is 0 Å². The van der Waals surface area contributed by atoms with Crippen LogP contribution in [0.1, 0.15) is 38.5 Å². The Hall–Kier alpha value is -0.900. The molecular weight excluding hydrogens is 230 g/mol. The molecule has 3 atom stereocenters. The predicted octanol–water partition coefficient (Wildman–Crippen LogP) is 2.35. The Balaban J connectivity index is 1.47. The second-order valence-corrected chi connectivity index (χ2v) is 5.77. The number of hydrogen-bond donors (Lipinski definition) is 2. The topological polar surface area (TPSA) is 36.4 Å². The summed E-state index contributed by atoms with van der Waals surface area (Å²) < 4.78 is 0. The molecule has 3 nitrogen and oxygen atoms in total. The van der Waals surface area contributed by atoms with Gasteiger partial charge >= 0.3 is 0 Å². The van der Waals surface area contributed by atoms with Gasteiger partial charge < -0.3 is 5.32 Å². The van der Waals surface area contributed by atoms with Gasteiger partial charge in [-0.1, -0.05) is 12.2 Å². The molecule has 0 amide bonds. The lowest BCUT2D eigenvalue weighted by Crippen LogP contribution is -2.42. The molecule has 0 spiro atoms. The molecule has 17 heavy (non-hydrogen) atoms. The van der Waals surface area contributed by atoms with E-state index in [4.69, 9.17) is 12.2 Å². The Morgan fingerprint density at radius 2 is 2.06 bits per heavy atom. The fraction of sp³-hybridized carbons (Fsp3) is 0.692. The quantitative estimate of drug-likeness (QED) is 0.448. The third kappa shape index (κ3) is 2.51. The summed E-state index contributed by atoms with van der Waals surface area (Å²) in [5, 5.41) is 8.46. The summed E-state index contributed by atoms with van der Waals surface area (Å²) in [6, 6.07) is 0.522. The minimum Gasteiger partial charge on any atom is -0.358 e. The van der Waals surface area contributed by atoms with Crippen molar-refractivity contribution in [3.63, 3.8) is 0 Å². The molecule has 0 aliphatic heterocycles. The summed E-state index contributed by atoms with van der Waals surface area (Å²) in [6.07, 6.45) is 12.0. The largest absolute Gasteiger partial charge is 0.358 e. The second kappa shape index (κ2) is 4.77. The molecule has 2 N–H and O–H groups in total. The van der Waals surface area contributed by atoms with Crippen LogP contribution in [0.25, 0.3) is 0 Å². The normalized spacial score (nSPS) is 34.1. The summed E-state index contributed by atoms with van der Waals surface area (Å²) in [5.41, 5.74) is 4.26. The van der Waals surface area contributed by atoms with E-state index in [9.17, 15) is 0 Å². The number of nitrogens with zero attached hydrogens (tertiary/aromatic N) is 1. The zero-order chi connectivity index (χ0) is 11.7. The van der Waals surface area contributed by atoms with Gasteiger partial charge in [0.1, 0.15) is 0 Å². The van der Waals surface area contributed by atoms with Crippen LogP contribution in [-0.2, 0) is 0 Å². The smallest absolute Gasteiger partial charge is 0.187 e. The lowest BCUT2D eigenvalue weighted by molar-refractivity contribution is 0.520. The van der Waals surface area contributed by atoms with E-state index in [1.54, 1.807) is 0 Å². The second-order valence-electron chi connectivity index (χ2n) is 5.36. The maximum absolute atomic E-state index is 5.29. The highest BCUT2D eigenvalue weighted by Crippen LogP contribution is 2.38. The van der Waals surface area contributed by atoms with Crippen molar-refractivity contribution < 1.29 is 0 Å². The van der Waals surface area contributed by atoms with E-state index in [0.717, 1.165) is 18.8 Å². The van der Waals surface area contributed by atoms with E-state index < -0.39 is 0 Å². The molecule has 0 heterocycles. The van der Waals surface area contributed by atoms with Gasteiger partial charge in [-0.05, 0) is 62.6 Å². The van der Waals surface area contributed by atoms with Crippen molar-refractivity contribution in [2.24, 2.45) is 16.9 Å². The molecule has 2 bridgehead atoms. The SMILES string of the molecule is S=C(NN=C1CCCC1)N[C@@H]1C[C@@H]2C=C[C@@H]1C2. The van der Waals surface area contributed by atoms with E-state index in [1.165, 1.54) is 31.4 Å². The first-order valence-electron chi connectivity index (χ1n) is 6.61. The Bertz CT molecular complexity index is 367. The molecule has 0 aromatic heterocycles. The van der Waals surface area contributed by atoms with Crippen LogP contribution in [-0.4, -0.2) is 16.9 Å². The Morgan fingerprint density at radius 3 is 2.71 bits per heavy atom. The van der Waals surface area contributed by atoms with Crippen LogP contribution < -0.4 is 10.7 Å². The van der Waals surface area contributed by atoms with E-state index in [0.29, 0.717) is 17.1 Å². The molecule has 0 aromatic rings. The van der Waals surface area contributed by atoms with Crippen LogP contribution in [0.5, 0.6) is 0 Å². The van der Waals surface area contributed by atoms with Crippen LogP contribution >= 0.6 is 12.2 Å². The van der Waals surface area contributed by atoms with Gasteiger partial charge in [0, 0.05) is 11.8 Å². The number of fused-ring (bicyclic) bond motifs is 2. The maximum atomic E-state index is 5.29. The van der Waals surface area contributed by atoms with E-state index in [2.05, 4.69) is 28.0 Å². The first-order valence-corrected chi connectivity index (χ1v) is 7.02. The zero-order valence-corrected chi connectivity index (χ0v) is 10.8. The molecule has 0 aromatic carbocycles. The highest BCUT2D eigenvalue weighted by molar-refractivity contribution is 7.80. The summed E-state index contributed by atoms with van der Waals surface area (Å²) in [6.45, 7) is 0. The third-order valence-electron chi connectivity index (χ3n) is 4.09. The highest BCUT2D eigenvalue weighted by Gasteiger charge is 2.35. The van der Waals surface area contributed by atoms with Crippen molar-refractivity contribution in [1.29, 1.82) is 0 Å². The number of hydrazone groups is 1. The fourth-order valence-electron chi connectivity index (χ4n) is 3.17. The van der Waals surface area contributed by atoms with Crippen molar-refractivity contribution >= 4 is 23.0 Å². The number of thiocarbonyl (C=S) groups is 1. The standard InChI is InChI=1S/C13H19N3S/c17-13(16-15-11-3-1-2-4-11)14-12-8-9-5-6-10(12)7-9/h5-6,9-10,12H,1-4,7-8H2,(H2,14,16,17)/t9-,10-,12-/m1/s1. The Labute approximate surface area is 108 Å². The molecule has 92 valence electrons. The van der Waals surface area contributed by atoms with Crippen LogP contribution in [0.2, 0.25) is 0 Å². The molecule has 3 aliphatic rings. The molecular formula is C13H19N3S. The first-order chi connectivity index (χ1) is 8.31. The van der Waals surface area contributed by atoms with Gasteiger partial charge in [-0.2, -0.15) is 5.10 Å². The average Bonchev–Trinajstić information content (AvgIpc) is 3.03. The summed E-state index contributed by atoms with van der Waals surface area (Å²) in [7, 11) is 0. The molecule has 4 heteroatoms. The van der Waals surface area contributed by atoms with E-state index in [1.807, 2.05) is 0 Å². The molecule has 2 saturated carbocycles. The highest BCUT2D eigenvalue weighted by atomic mass is 32.1. The van der Waals surface area contributed by atoms with Gasteiger partial charge in [0.25, 0.3) is 0 Å². The van der Waals surface area contributed by atoms with Gasteiger partial charge in [0.05, 0.1) is 0 Å². The first kappa shape index (κ1) is 11.2. The lowest BCUT2D eigenvalue weighted by Gasteiger charge is -2.20. The summed E-state index contributed by atoms with van der Waals surface area (Å²) >= 11 is 5.29. The predicted molar refractivity (Wildman–Crippen MR) is 73.9 cm³/mol. The summed E-state index contributed by atoms with van der Waals surface area (Å²) in [5.74, 6) is 1.46. The van der Waals surface area contributed by atoms with Gasteiger partial charge in [-0.15, -0.1) is 0 Å². The van der Waals surface area contributed by atoms with Crippen molar-refractivity contribution in [3.05, 3.63) is 12.2 Å². The lowest BCUT2D eigenvalue weighted by atomic mass is 10.0. The third-order valence-corrected chi connectivity index (χ3v) is 4.30. The van der Waals surface area contributed by atoms with Crippen molar-refractivity contribution in [1.82, 2.24) is 10.7 Å². The molecule has 3 rings (SSSR count). The van der Waals surface area contributed by atoms with Gasteiger partial charge in [0.2, 0.25) is 0 Å². The van der Waals surface area contributed by atoms with Crippen molar-refractivity contribution in [2.75, 3.05) is 0 Å².